The minimum atomic E-state index is -4.61. The lowest BCUT2D eigenvalue weighted by Crippen LogP contribution is -2.27. The van der Waals surface area contributed by atoms with E-state index in [1.165, 1.54) is 18.2 Å². The van der Waals surface area contributed by atoms with Gasteiger partial charge in [0.2, 0.25) is 20.9 Å². The molecule has 11 heteroatoms. The van der Waals surface area contributed by atoms with E-state index in [4.69, 9.17) is 4.74 Å². The van der Waals surface area contributed by atoms with Crippen LogP contribution in [0.4, 0.5) is 18.0 Å². The van der Waals surface area contributed by atoms with E-state index in [1.54, 1.807) is 18.2 Å². The van der Waals surface area contributed by atoms with Crippen molar-refractivity contribution in [3.8, 4) is 5.75 Å². The van der Waals surface area contributed by atoms with Gasteiger partial charge in [0, 0.05) is 0 Å². The number of ether oxygens (including phenoxy) is 1. The number of benzene rings is 2. The molecule has 1 unspecified atom stereocenters. The molecule has 1 saturated heterocycles. The number of halogens is 3. The van der Waals surface area contributed by atoms with Gasteiger partial charge in [0.25, 0.3) is 0 Å². The number of alkyl halides is 3. The molecule has 0 aliphatic carbocycles. The van der Waals surface area contributed by atoms with Crippen LogP contribution in [0.2, 0.25) is 0 Å². The maximum absolute atomic E-state index is 12.8. The summed E-state index contributed by atoms with van der Waals surface area (Å²) in [5.74, 6) is -0.877. The Morgan fingerprint density at radius 1 is 1.10 bits per heavy atom. The summed E-state index contributed by atoms with van der Waals surface area (Å²) in [4.78, 5) is 27.2. The van der Waals surface area contributed by atoms with E-state index < -0.39 is 50.4 Å². The predicted molar refractivity (Wildman–Crippen MR) is 95.9 cm³/mol. The fourth-order valence-electron chi connectivity index (χ4n) is 2.61. The smallest absolute Gasteiger partial charge is 0.409 e. The zero-order valence-corrected chi connectivity index (χ0v) is 15.3. The standard InChI is InChI=1S/C18H13F3N2O5S/c19-18(20,21)12-6-4-5-11(9-12)10-14-15(24)22-16(29(14,26)27)23-17(25)28-13-7-2-1-3-8-13/h1-9,14H,10H2,(H,22,23,24,25). The van der Waals surface area contributed by atoms with Crippen LogP contribution >= 0.6 is 0 Å². The number of nitrogens with one attached hydrogen (secondary N) is 1. The van der Waals surface area contributed by atoms with Crippen molar-refractivity contribution < 1.29 is 35.9 Å². The minimum Gasteiger partial charge on any atom is -0.409 e. The molecule has 2 aromatic rings. The van der Waals surface area contributed by atoms with Gasteiger partial charge in [-0.25, -0.2) is 13.2 Å². The summed E-state index contributed by atoms with van der Waals surface area (Å²) in [6.07, 6.45) is -6.39. The molecular formula is C18H13F3N2O5S. The Morgan fingerprint density at radius 3 is 2.45 bits per heavy atom. The van der Waals surface area contributed by atoms with Crippen LogP contribution in [0.5, 0.6) is 5.75 Å². The first-order chi connectivity index (χ1) is 13.6. The number of nitrogens with zero attached hydrogens (tertiary/aromatic N) is 1. The van der Waals surface area contributed by atoms with Crippen molar-refractivity contribution in [3.05, 3.63) is 65.7 Å². The van der Waals surface area contributed by atoms with Crippen LogP contribution < -0.4 is 10.1 Å². The maximum atomic E-state index is 12.8. The number of carbonyl (C=O) groups is 2. The molecular weight excluding hydrogens is 413 g/mol. The van der Waals surface area contributed by atoms with Gasteiger partial charge in [0.05, 0.1) is 5.56 Å². The van der Waals surface area contributed by atoms with Crippen molar-refractivity contribution >= 4 is 27.0 Å². The number of hydrogen-bond donors (Lipinski definition) is 1. The Balaban J connectivity index is 1.80. The monoisotopic (exact) mass is 426 g/mol. The molecule has 1 fully saturated rings. The van der Waals surface area contributed by atoms with Crippen molar-refractivity contribution in [1.29, 1.82) is 0 Å². The van der Waals surface area contributed by atoms with E-state index in [2.05, 4.69) is 4.99 Å². The number of hydrogen-bond acceptors (Lipinski definition) is 5. The van der Waals surface area contributed by atoms with Crippen LogP contribution in [-0.4, -0.2) is 30.8 Å². The van der Waals surface area contributed by atoms with Gasteiger partial charge in [-0.2, -0.15) is 13.2 Å². The molecule has 1 N–H and O–H groups in total. The minimum absolute atomic E-state index is 0.00309. The first-order valence-electron chi connectivity index (χ1n) is 8.14. The van der Waals surface area contributed by atoms with E-state index in [9.17, 15) is 31.2 Å². The lowest BCUT2D eigenvalue weighted by atomic mass is 10.1. The maximum Gasteiger partial charge on any atom is 0.441 e. The summed E-state index contributed by atoms with van der Waals surface area (Å²) in [6, 6.07) is 11.7. The van der Waals surface area contributed by atoms with Gasteiger partial charge in [0.1, 0.15) is 5.75 Å². The number of amidine groups is 1. The van der Waals surface area contributed by atoms with E-state index in [-0.39, 0.29) is 11.3 Å². The van der Waals surface area contributed by atoms with Crippen LogP contribution in [0, 0.1) is 0 Å². The highest BCUT2D eigenvalue weighted by Crippen LogP contribution is 2.30. The van der Waals surface area contributed by atoms with Gasteiger partial charge in [-0.05, 0) is 30.2 Å². The average Bonchev–Trinajstić information content (AvgIpc) is 2.85. The third kappa shape index (κ3) is 4.62. The zero-order valence-electron chi connectivity index (χ0n) is 14.5. The van der Waals surface area contributed by atoms with Crippen LogP contribution in [0.15, 0.2) is 59.6 Å². The topological polar surface area (TPSA) is 102 Å². The largest absolute Gasteiger partial charge is 0.441 e. The molecule has 1 heterocycles. The number of rotatable bonds is 3. The number of para-hydroxylation sites is 1. The quantitative estimate of drug-likeness (QED) is 0.813. The molecule has 2 aromatic carbocycles. The Kier molecular flexibility index (Phi) is 5.42. The molecule has 0 spiro atoms. The molecule has 0 aromatic heterocycles. The second kappa shape index (κ2) is 7.66. The molecule has 2 amide bonds. The molecule has 152 valence electrons. The molecule has 1 aliphatic heterocycles. The molecule has 29 heavy (non-hydrogen) atoms. The number of carbonyl (C=O) groups excluding carboxylic acids is 2. The summed E-state index contributed by atoms with van der Waals surface area (Å²) in [6.45, 7) is 0. The molecule has 3 rings (SSSR count). The Bertz CT molecular complexity index is 1080. The lowest BCUT2D eigenvalue weighted by molar-refractivity contribution is -0.137. The zero-order chi connectivity index (χ0) is 21.2. The van der Waals surface area contributed by atoms with Crippen molar-refractivity contribution in [2.24, 2.45) is 4.99 Å². The first kappa shape index (κ1) is 20.5. The molecule has 1 atom stereocenters. The van der Waals surface area contributed by atoms with Crippen molar-refractivity contribution in [3.63, 3.8) is 0 Å². The van der Waals surface area contributed by atoms with E-state index in [0.29, 0.717) is 0 Å². The highest BCUT2D eigenvalue weighted by Gasteiger charge is 2.45. The van der Waals surface area contributed by atoms with Crippen molar-refractivity contribution in [2.45, 2.75) is 17.8 Å². The Labute approximate surface area is 163 Å². The van der Waals surface area contributed by atoms with Gasteiger partial charge in [-0.15, -0.1) is 4.99 Å². The molecule has 1 aliphatic rings. The van der Waals surface area contributed by atoms with Gasteiger partial charge in [-0.3, -0.25) is 10.1 Å². The van der Waals surface area contributed by atoms with Gasteiger partial charge in [-0.1, -0.05) is 36.4 Å². The van der Waals surface area contributed by atoms with E-state index in [1.807, 2.05) is 5.32 Å². The Morgan fingerprint density at radius 2 is 1.79 bits per heavy atom. The summed E-state index contributed by atoms with van der Waals surface area (Å²) in [5.41, 5.74) is -0.970. The lowest BCUT2D eigenvalue weighted by Gasteiger charge is -2.10. The van der Waals surface area contributed by atoms with E-state index in [0.717, 1.165) is 18.2 Å². The van der Waals surface area contributed by atoms with Crippen LogP contribution in [0.25, 0.3) is 0 Å². The second-order valence-corrected chi connectivity index (χ2v) is 8.07. The van der Waals surface area contributed by atoms with Gasteiger partial charge in [0.15, 0.2) is 5.25 Å². The first-order valence-corrected chi connectivity index (χ1v) is 9.68. The van der Waals surface area contributed by atoms with E-state index >= 15 is 0 Å². The number of amides is 2. The molecule has 0 saturated carbocycles. The highest BCUT2D eigenvalue weighted by molar-refractivity contribution is 8.08. The number of aliphatic imine (C=N–C) groups is 1. The summed E-state index contributed by atoms with van der Waals surface area (Å²) in [7, 11) is -4.40. The SMILES string of the molecule is O=C(N=C1NC(=O)C(Cc2cccc(C(F)(F)F)c2)S1(=O)=O)Oc1ccccc1. The molecule has 0 bridgehead atoms. The third-order valence-corrected chi connectivity index (χ3v) is 5.85. The summed E-state index contributed by atoms with van der Waals surface area (Å²) < 4.78 is 68.4. The second-order valence-electron chi connectivity index (χ2n) is 6.02. The summed E-state index contributed by atoms with van der Waals surface area (Å²) >= 11 is 0. The molecule has 7 nitrogen and oxygen atoms in total. The van der Waals surface area contributed by atoms with Crippen LogP contribution in [0.3, 0.4) is 0 Å². The number of sulfone groups is 1. The normalized spacial score (nSPS) is 19.8. The predicted octanol–water partition coefficient (Wildman–Crippen LogP) is 2.72. The third-order valence-electron chi connectivity index (χ3n) is 3.98. The summed E-state index contributed by atoms with van der Waals surface area (Å²) in [5, 5.41) is -0.640. The van der Waals surface area contributed by atoms with Crippen LogP contribution in [0.1, 0.15) is 11.1 Å². The average molecular weight is 426 g/mol. The fraction of sp³-hybridized carbons (Fsp3) is 0.167. The fourth-order valence-corrected chi connectivity index (χ4v) is 4.08. The van der Waals surface area contributed by atoms with Crippen LogP contribution in [-0.2, 0) is 27.2 Å². The van der Waals surface area contributed by atoms with Crippen molar-refractivity contribution in [1.82, 2.24) is 5.32 Å². The molecule has 0 radical (unpaired) electrons. The Hall–Kier alpha value is -3.21. The highest BCUT2D eigenvalue weighted by atomic mass is 32.2. The van der Waals surface area contributed by atoms with Crippen molar-refractivity contribution in [2.75, 3.05) is 0 Å². The van der Waals surface area contributed by atoms with Gasteiger partial charge >= 0.3 is 12.3 Å². The van der Waals surface area contributed by atoms with Gasteiger partial charge < -0.3 is 4.74 Å².